The number of sulfone groups is 1. The molecule has 2 rings (SSSR count). The molecule has 0 atom stereocenters. The number of nitrogens with zero attached hydrogens (tertiary/aromatic N) is 2. The number of nitrogen functional groups attached to an aromatic ring is 1. The van der Waals surface area contributed by atoms with Crippen molar-refractivity contribution in [1.82, 2.24) is 9.78 Å². The Labute approximate surface area is 89.2 Å². The van der Waals surface area contributed by atoms with Gasteiger partial charge in [0.05, 0.1) is 17.2 Å². The number of nitrogens with two attached hydrogens (primary N) is 1. The number of hydrogen-bond donors (Lipinski definition) is 1. The Kier molecular flexibility index (Phi) is 2.26. The van der Waals surface area contributed by atoms with Gasteiger partial charge in [0.15, 0.2) is 9.84 Å². The van der Waals surface area contributed by atoms with Crippen molar-refractivity contribution in [2.45, 2.75) is 31.9 Å². The molecule has 1 aromatic rings. The molecule has 84 valence electrons. The Bertz CT molecular complexity index is 488. The summed E-state index contributed by atoms with van der Waals surface area (Å²) in [5.41, 5.74) is 7.20. The van der Waals surface area contributed by atoms with Crippen LogP contribution in [-0.4, -0.2) is 18.2 Å². The molecule has 2 N–H and O–H groups in total. The minimum absolute atomic E-state index is 0.0393. The maximum Gasteiger partial charge on any atom is 0.160 e. The molecule has 1 aromatic heterocycles. The highest BCUT2D eigenvalue weighted by atomic mass is 32.2. The minimum atomic E-state index is -2.99. The van der Waals surface area contributed by atoms with Gasteiger partial charge in [-0.05, 0) is 5.92 Å². The predicted molar refractivity (Wildman–Crippen MR) is 57.8 cm³/mol. The maximum atomic E-state index is 11.3. The van der Waals surface area contributed by atoms with Gasteiger partial charge in [-0.2, -0.15) is 5.10 Å². The van der Waals surface area contributed by atoms with Crippen molar-refractivity contribution in [2.24, 2.45) is 5.92 Å². The van der Waals surface area contributed by atoms with E-state index in [0.29, 0.717) is 23.0 Å². The van der Waals surface area contributed by atoms with Crippen LogP contribution in [0.25, 0.3) is 0 Å². The van der Waals surface area contributed by atoms with Crippen molar-refractivity contribution in [2.75, 3.05) is 5.73 Å². The van der Waals surface area contributed by atoms with Gasteiger partial charge in [0.2, 0.25) is 0 Å². The van der Waals surface area contributed by atoms with Crippen molar-refractivity contribution in [1.29, 1.82) is 0 Å². The van der Waals surface area contributed by atoms with E-state index in [1.807, 2.05) is 0 Å². The van der Waals surface area contributed by atoms with Crippen molar-refractivity contribution < 1.29 is 8.42 Å². The average molecular weight is 229 g/mol. The summed E-state index contributed by atoms with van der Waals surface area (Å²) >= 11 is 0. The summed E-state index contributed by atoms with van der Waals surface area (Å²) in [7, 11) is -2.99. The fourth-order valence-corrected chi connectivity index (χ4v) is 3.31. The number of anilines is 1. The molecule has 0 aliphatic carbocycles. The molecule has 1 aliphatic heterocycles. The van der Waals surface area contributed by atoms with Crippen LogP contribution in [0.15, 0.2) is 0 Å². The highest BCUT2D eigenvalue weighted by Crippen LogP contribution is 2.29. The van der Waals surface area contributed by atoms with Crippen LogP contribution in [0.4, 0.5) is 5.82 Å². The number of hydrogen-bond acceptors (Lipinski definition) is 4. The molecular formula is C9H15N3O2S. The smallest absolute Gasteiger partial charge is 0.160 e. The zero-order valence-corrected chi connectivity index (χ0v) is 9.71. The Hall–Kier alpha value is -1.04. The summed E-state index contributed by atoms with van der Waals surface area (Å²) in [5, 5.41) is 4.24. The monoisotopic (exact) mass is 229 g/mol. The van der Waals surface area contributed by atoms with Gasteiger partial charge in [-0.1, -0.05) is 13.8 Å². The summed E-state index contributed by atoms with van der Waals surface area (Å²) in [4.78, 5) is 0. The Morgan fingerprint density at radius 3 is 2.67 bits per heavy atom. The molecule has 0 fully saturated rings. The van der Waals surface area contributed by atoms with E-state index in [-0.39, 0.29) is 11.5 Å². The lowest BCUT2D eigenvalue weighted by molar-refractivity contribution is 0.485. The normalized spacial score (nSPS) is 18.3. The van der Waals surface area contributed by atoms with E-state index >= 15 is 0 Å². The molecule has 0 amide bonds. The first-order chi connectivity index (χ1) is 6.89. The molecule has 0 spiro atoms. The van der Waals surface area contributed by atoms with Gasteiger partial charge >= 0.3 is 0 Å². The molecule has 0 saturated carbocycles. The van der Waals surface area contributed by atoms with Crippen molar-refractivity contribution in [3.8, 4) is 0 Å². The van der Waals surface area contributed by atoms with Crippen LogP contribution >= 0.6 is 0 Å². The third-order valence-corrected chi connectivity index (χ3v) is 3.88. The van der Waals surface area contributed by atoms with Gasteiger partial charge in [-0.3, -0.25) is 0 Å². The summed E-state index contributed by atoms with van der Waals surface area (Å²) in [6.45, 7) is 4.88. The number of fused-ring (bicyclic) bond motifs is 1. The van der Waals surface area contributed by atoms with E-state index < -0.39 is 9.84 Å². The molecule has 0 bridgehead atoms. The molecule has 0 aromatic carbocycles. The zero-order chi connectivity index (χ0) is 11.2. The quantitative estimate of drug-likeness (QED) is 0.803. The summed E-state index contributed by atoms with van der Waals surface area (Å²) in [6.07, 6.45) is 0. The second kappa shape index (κ2) is 3.23. The van der Waals surface area contributed by atoms with Crippen LogP contribution in [0.2, 0.25) is 0 Å². The zero-order valence-electron chi connectivity index (χ0n) is 8.90. The summed E-state index contributed by atoms with van der Waals surface area (Å²) in [5.74, 6) is 1.05. The van der Waals surface area contributed by atoms with Crippen LogP contribution in [0.1, 0.15) is 25.1 Å². The fraction of sp³-hybridized carbons (Fsp3) is 0.667. The highest BCUT2D eigenvalue weighted by Gasteiger charge is 2.31. The second-order valence-electron chi connectivity index (χ2n) is 4.42. The molecule has 2 heterocycles. The molecule has 0 unspecified atom stereocenters. The van der Waals surface area contributed by atoms with E-state index in [1.165, 1.54) is 0 Å². The van der Waals surface area contributed by atoms with E-state index in [9.17, 15) is 8.42 Å². The highest BCUT2D eigenvalue weighted by molar-refractivity contribution is 7.90. The molecule has 0 radical (unpaired) electrons. The third-order valence-electron chi connectivity index (χ3n) is 2.44. The third kappa shape index (κ3) is 1.86. The Morgan fingerprint density at radius 1 is 1.47 bits per heavy atom. The standard InChI is InChI=1S/C9H15N3O2S/c1-6(2)3-12-9(10)7-4-15(13,14)5-8(7)11-12/h6H,3-5,10H2,1-2H3. The van der Waals surface area contributed by atoms with Gasteiger partial charge in [-0.25, -0.2) is 13.1 Å². The SMILES string of the molecule is CC(C)Cn1nc2c(c1N)CS(=O)(=O)C2. The number of aromatic nitrogens is 2. The van der Waals surface area contributed by atoms with Crippen molar-refractivity contribution in [3.63, 3.8) is 0 Å². The van der Waals surface area contributed by atoms with E-state index in [4.69, 9.17) is 5.73 Å². The van der Waals surface area contributed by atoms with Crippen molar-refractivity contribution in [3.05, 3.63) is 11.3 Å². The molecule has 6 heteroatoms. The summed E-state index contributed by atoms with van der Waals surface area (Å²) < 4.78 is 24.4. The lowest BCUT2D eigenvalue weighted by Gasteiger charge is -2.07. The van der Waals surface area contributed by atoms with Gasteiger partial charge < -0.3 is 5.73 Å². The van der Waals surface area contributed by atoms with Crippen molar-refractivity contribution >= 4 is 15.7 Å². The van der Waals surface area contributed by atoms with E-state index in [2.05, 4.69) is 18.9 Å². The fourth-order valence-electron chi connectivity index (χ4n) is 1.80. The molecule has 15 heavy (non-hydrogen) atoms. The average Bonchev–Trinajstić information content (AvgIpc) is 2.48. The summed E-state index contributed by atoms with van der Waals surface area (Å²) in [6, 6.07) is 0. The Morgan fingerprint density at radius 2 is 2.13 bits per heavy atom. The largest absolute Gasteiger partial charge is 0.384 e. The minimum Gasteiger partial charge on any atom is -0.384 e. The number of rotatable bonds is 2. The first-order valence-electron chi connectivity index (χ1n) is 4.93. The van der Waals surface area contributed by atoms with E-state index in [1.54, 1.807) is 4.68 Å². The lowest BCUT2D eigenvalue weighted by Crippen LogP contribution is -2.11. The molecule has 1 aliphatic rings. The topological polar surface area (TPSA) is 78.0 Å². The van der Waals surface area contributed by atoms with Gasteiger partial charge in [0.1, 0.15) is 5.82 Å². The van der Waals surface area contributed by atoms with Crippen LogP contribution in [-0.2, 0) is 27.9 Å². The first-order valence-corrected chi connectivity index (χ1v) is 6.75. The van der Waals surface area contributed by atoms with Crippen LogP contribution in [0, 0.1) is 5.92 Å². The second-order valence-corrected chi connectivity index (χ2v) is 6.48. The van der Waals surface area contributed by atoms with Crippen LogP contribution < -0.4 is 5.73 Å². The van der Waals surface area contributed by atoms with Gasteiger partial charge in [0, 0.05) is 12.1 Å². The molecular weight excluding hydrogens is 214 g/mol. The van der Waals surface area contributed by atoms with Gasteiger partial charge in [-0.15, -0.1) is 0 Å². The maximum absolute atomic E-state index is 11.3. The van der Waals surface area contributed by atoms with E-state index in [0.717, 1.165) is 6.54 Å². The first kappa shape index (κ1) is 10.5. The van der Waals surface area contributed by atoms with Crippen LogP contribution in [0.3, 0.4) is 0 Å². The predicted octanol–water partition coefficient (Wildman–Crippen LogP) is 0.550. The molecule has 5 nitrogen and oxygen atoms in total. The lowest BCUT2D eigenvalue weighted by atomic mass is 10.2. The van der Waals surface area contributed by atoms with Crippen LogP contribution in [0.5, 0.6) is 0 Å². The Balaban J connectivity index is 2.36. The van der Waals surface area contributed by atoms with Gasteiger partial charge in [0.25, 0.3) is 0 Å². The molecule has 0 saturated heterocycles.